The number of terminal acetylenes is 1. The van der Waals surface area contributed by atoms with Crippen molar-refractivity contribution in [1.29, 1.82) is 0 Å². The molecule has 3 nitrogen and oxygen atoms in total. The first-order chi connectivity index (χ1) is 7.58. The Kier molecular flexibility index (Phi) is 4.45. The zero-order chi connectivity index (χ0) is 12.1. The third kappa shape index (κ3) is 3.04. The zero-order valence-corrected chi connectivity index (χ0v) is 10.2. The molecule has 4 heteroatoms. The van der Waals surface area contributed by atoms with Crippen molar-refractivity contribution in [1.82, 2.24) is 9.88 Å². The van der Waals surface area contributed by atoms with E-state index in [0.717, 1.165) is 13.0 Å². The van der Waals surface area contributed by atoms with Crippen molar-refractivity contribution in [2.45, 2.75) is 32.9 Å². The molecule has 1 atom stereocenters. The first kappa shape index (κ1) is 12.7. The van der Waals surface area contributed by atoms with Gasteiger partial charge in [-0.2, -0.15) is 0 Å². The van der Waals surface area contributed by atoms with Gasteiger partial charge in [-0.1, -0.05) is 24.4 Å². The van der Waals surface area contributed by atoms with Crippen LogP contribution < -0.4 is 5.32 Å². The maximum absolute atomic E-state index is 11.8. The third-order valence-corrected chi connectivity index (χ3v) is 2.36. The molecule has 1 N–H and O–H groups in total. The summed E-state index contributed by atoms with van der Waals surface area (Å²) in [7, 11) is 0. The number of carbonyl (C=O) groups is 1. The van der Waals surface area contributed by atoms with Crippen LogP contribution in [0.1, 0.15) is 30.8 Å². The molecule has 1 amide bonds. The molecular weight excluding hydrogens is 224 g/mol. The number of amides is 1. The Labute approximate surface area is 101 Å². The third-order valence-electron chi connectivity index (χ3n) is 2.16. The summed E-state index contributed by atoms with van der Waals surface area (Å²) in [5, 5.41) is 3.27. The molecule has 0 radical (unpaired) electrons. The van der Waals surface area contributed by atoms with Crippen molar-refractivity contribution in [3.05, 3.63) is 23.0 Å². The summed E-state index contributed by atoms with van der Waals surface area (Å²) in [6, 6.07) is 1.37. The molecule has 0 aromatic carbocycles. The van der Waals surface area contributed by atoms with Gasteiger partial charge in [0.05, 0.1) is 11.1 Å². The van der Waals surface area contributed by atoms with Crippen molar-refractivity contribution < 1.29 is 4.79 Å². The maximum atomic E-state index is 11.8. The second-order valence-corrected chi connectivity index (χ2v) is 4.04. The Balaban J connectivity index is 2.86. The number of carbonyl (C=O) groups excluding carboxylic acids is 1. The molecule has 0 saturated carbocycles. The van der Waals surface area contributed by atoms with Crippen LogP contribution in [-0.4, -0.2) is 16.5 Å². The highest BCUT2D eigenvalue weighted by atomic mass is 35.5. The van der Waals surface area contributed by atoms with Gasteiger partial charge in [0.15, 0.2) is 0 Å². The molecule has 0 bridgehead atoms. The van der Waals surface area contributed by atoms with Crippen LogP contribution in [0.15, 0.2) is 12.3 Å². The van der Waals surface area contributed by atoms with Gasteiger partial charge < -0.3 is 9.88 Å². The molecule has 16 heavy (non-hydrogen) atoms. The average molecular weight is 239 g/mol. The second kappa shape index (κ2) is 5.62. The fourth-order valence-electron chi connectivity index (χ4n) is 1.40. The minimum absolute atomic E-state index is 0.189. The molecular formula is C12H15ClN2O. The standard InChI is InChI=1S/C12H15ClN2O/c1-4-6-15-8-10(13)7-11(15)12(16)14-9(3)5-2/h2,7-9H,4,6H2,1,3H3,(H,14,16). The number of aromatic nitrogens is 1. The molecule has 0 aliphatic heterocycles. The van der Waals surface area contributed by atoms with Gasteiger partial charge in [-0.25, -0.2) is 0 Å². The lowest BCUT2D eigenvalue weighted by atomic mass is 10.3. The first-order valence-electron chi connectivity index (χ1n) is 5.21. The van der Waals surface area contributed by atoms with E-state index in [9.17, 15) is 4.79 Å². The highest BCUT2D eigenvalue weighted by Crippen LogP contribution is 2.14. The monoisotopic (exact) mass is 238 g/mol. The lowest BCUT2D eigenvalue weighted by molar-refractivity contribution is 0.0938. The zero-order valence-electron chi connectivity index (χ0n) is 9.46. The Hall–Kier alpha value is -1.40. The van der Waals surface area contributed by atoms with E-state index in [1.807, 2.05) is 11.5 Å². The molecule has 0 fully saturated rings. The average Bonchev–Trinajstić information content (AvgIpc) is 2.60. The van der Waals surface area contributed by atoms with E-state index in [1.165, 1.54) is 0 Å². The Morgan fingerprint density at radius 3 is 3.00 bits per heavy atom. The van der Waals surface area contributed by atoms with Gasteiger partial charge in [0, 0.05) is 12.7 Å². The largest absolute Gasteiger partial charge is 0.342 e. The minimum Gasteiger partial charge on any atom is -0.342 e. The van der Waals surface area contributed by atoms with Gasteiger partial charge >= 0.3 is 0 Å². The van der Waals surface area contributed by atoms with Crippen molar-refractivity contribution in [3.63, 3.8) is 0 Å². The summed E-state index contributed by atoms with van der Waals surface area (Å²) >= 11 is 5.87. The molecule has 1 heterocycles. The Morgan fingerprint density at radius 2 is 2.44 bits per heavy atom. The fraction of sp³-hybridized carbons (Fsp3) is 0.417. The molecule has 1 rings (SSSR count). The summed E-state index contributed by atoms with van der Waals surface area (Å²) < 4.78 is 1.83. The van der Waals surface area contributed by atoms with E-state index < -0.39 is 0 Å². The molecule has 0 aliphatic rings. The Morgan fingerprint density at radius 1 is 1.75 bits per heavy atom. The van der Waals surface area contributed by atoms with E-state index in [2.05, 4.69) is 11.2 Å². The lowest BCUT2D eigenvalue weighted by Crippen LogP contribution is -2.32. The van der Waals surface area contributed by atoms with Gasteiger partial charge in [0.2, 0.25) is 0 Å². The topological polar surface area (TPSA) is 34.0 Å². The highest BCUT2D eigenvalue weighted by molar-refractivity contribution is 6.31. The molecule has 86 valence electrons. The number of halogens is 1. The summed E-state index contributed by atoms with van der Waals surface area (Å²) in [6.07, 6.45) is 7.89. The number of aryl methyl sites for hydroxylation is 1. The quantitative estimate of drug-likeness (QED) is 0.803. The van der Waals surface area contributed by atoms with E-state index in [1.54, 1.807) is 19.2 Å². The van der Waals surface area contributed by atoms with Crippen LogP contribution in [-0.2, 0) is 6.54 Å². The van der Waals surface area contributed by atoms with Gasteiger partial charge in [-0.05, 0) is 19.4 Å². The number of nitrogens with one attached hydrogen (secondary N) is 1. The van der Waals surface area contributed by atoms with Crippen molar-refractivity contribution in [2.75, 3.05) is 0 Å². The van der Waals surface area contributed by atoms with Crippen LogP contribution in [0.5, 0.6) is 0 Å². The van der Waals surface area contributed by atoms with Crippen molar-refractivity contribution in [2.24, 2.45) is 0 Å². The van der Waals surface area contributed by atoms with Gasteiger partial charge in [-0.15, -0.1) is 6.42 Å². The van der Waals surface area contributed by atoms with Crippen LogP contribution in [0.3, 0.4) is 0 Å². The molecule has 0 saturated heterocycles. The summed E-state index contributed by atoms with van der Waals surface area (Å²) in [5.74, 6) is 2.26. The van der Waals surface area contributed by atoms with Crippen LogP contribution >= 0.6 is 11.6 Å². The SMILES string of the molecule is C#CC(C)NC(=O)c1cc(Cl)cn1CCC. The number of hydrogen-bond acceptors (Lipinski definition) is 1. The van der Waals surface area contributed by atoms with E-state index in [0.29, 0.717) is 10.7 Å². The van der Waals surface area contributed by atoms with Gasteiger partial charge in [0.25, 0.3) is 5.91 Å². The normalized spacial score (nSPS) is 11.9. The molecule has 0 spiro atoms. The van der Waals surface area contributed by atoms with E-state index >= 15 is 0 Å². The predicted molar refractivity (Wildman–Crippen MR) is 65.5 cm³/mol. The van der Waals surface area contributed by atoms with Crippen LogP contribution in [0.2, 0.25) is 5.02 Å². The smallest absolute Gasteiger partial charge is 0.268 e. The van der Waals surface area contributed by atoms with Crippen molar-refractivity contribution >= 4 is 17.5 Å². The minimum atomic E-state index is -0.281. The van der Waals surface area contributed by atoms with Crippen molar-refractivity contribution in [3.8, 4) is 12.3 Å². The summed E-state index contributed by atoms with van der Waals surface area (Å²) in [5.41, 5.74) is 0.550. The number of rotatable bonds is 4. The fourth-order valence-corrected chi connectivity index (χ4v) is 1.62. The number of nitrogens with zero attached hydrogens (tertiary/aromatic N) is 1. The van der Waals surface area contributed by atoms with Gasteiger partial charge in [-0.3, -0.25) is 4.79 Å². The van der Waals surface area contributed by atoms with Crippen LogP contribution in [0, 0.1) is 12.3 Å². The van der Waals surface area contributed by atoms with E-state index in [4.69, 9.17) is 18.0 Å². The van der Waals surface area contributed by atoms with Crippen LogP contribution in [0.4, 0.5) is 0 Å². The van der Waals surface area contributed by atoms with Crippen LogP contribution in [0.25, 0.3) is 0 Å². The highest BCUT2D eigenvalue weighted by Gasteiger charge is 2.13. The summed E-state index contributed by atoms with van der Waals surface area (Å²) in [6.45, 7) is 4.56. The second-order valence-electron chi connectivity index (χ2n) is 3.60. The Bertz CT molecular complexity index is 417. The molecule has 0 aliphatic carbocycles. The predicted octanol–water partition coefficient (Wildman–Crippen LogP) is 2.30. The molecule has 1 unspecified atom stereocenters. The number of hydrogen-bond donors (Lipinski definition) is 1. The maximum Gasteiger partial charge on any atom is 0.268 e. The molecule has 1 aromatic heterocycles. The lowest BCUT2D eigenvalue weighted by Gasteiger charge is -2.10. The first-order valence-corrected chi connectivity index (χ1v) is 5.59. The van der Waals surface area contributed by atoms with E-state index in [-0.39, 0.29) is 11.9 Å². The summed E-state index contributed by atoms with van der Waals surface area (Å²) in [4.78, 5) is 11.8. The van der Waals surface area contributed by atoms with Gasteiger partial charge in [0.1, 0.15) is 5.69 Å². The molecule has 1 aromatic rings.